The number of sulfonamides is 1. The van der Waals surface area contributed by atoms with Crippen LogP contribution in [0.1, 0.15) is 33.1 Å². The van der Waals surface area contributed by atoms with Crippen molar-refractivity contribution < 1.29 is 13.2 Å². The first-order chi connectivity index (χ1) is 12.3. The highest BCUT2D eigenvalue weighted by molar-refractivity contribution is 8.00. The molecular weight excluding hydrogens is 370 g/mol. The number of hydrogen-bond donors (Lipinski definition) is 2. The Labute approximate surface area is 160 Å². The highest BCUT2D eigenvalue weighted by Gasteiger charge is 2.22. The van der Waals surface area contributed by atoms with Gasteiger partial charge in [-0.05, 0) is 50.0 Å². The average molecular weight is 398 g/mol. The third-order valence-corrected chi connectivity index (χ3v) is 7.57. The van der Waals surface area contributed by atoms with E-state index in [0.29, 0.717) is 18.7 Å². The van der Waals surface area contributed by atoms with Crippen molar-refractivity contribution in [3.05, 3.63) is 18.2 Å². The molecule has 0 bridgehead atoms. The number of piperidine rings is 1. The van der Waals surface area contributed by atoms with Crippen LogP contribution in [0.25, 0.3) is 0 Å². The molecule has 144 valence electrons. The van der Waals surface area contributed by atoms with Gasteiger partial charge in [0.05, 0.1) is 10.6 Å². The van der Waals surface area contributed by atoms with Crippen molar-refractivity contribution in [1.29, 1.82) is 0 Å². The van der Waals surface area contributed by atoms with Gasteiger partial charge in [-0.1, -0.05) is 13.8 Å². The predicted octanol–water partition coefficient (Wildman–Crippen LogP) is 2.52. The standard InChI is InChI=1S/C18H27N3O3S2/c1-13-5-8-21(9-6-13)10-7-19-26(23,24)15-3-4-17-16(12-15)20-18(22)11-14(2)25-17/h3-4,12-14,19H,5-11H2,1-2H3,(H,20,22). The highest BCUT2D eigenvalue weighted by Crippen LogP contribution is 2.36. The molecule has 2 aliphatic rings. The third kappa shape index (κ3) is 5.00. The van der Waals surface area contributed by atoms with Crippen molar-refractivity contribution in [3.63, 3.8) is 0 Å². The van der Waals surface area contributed by atoms with E-state index in [1.54, 1.807) is 30.0 Å². The highest BCUT2D eigenvalue weighted by atomic mass is 32.2. The quantitative estimate of drug-likeness (QED) is 0.798. The molecule has 8 heteroatoms. The Morgan fingerprint density at radius 2 is 2.00 bits per heavy atom. The van der Waals surface area contributed by atoms with Gasteiger partial charge in [0.25, 0.3) is 0 Å². The van der Waals surface area contributed by atoms with Gasteiger partial charge in [-0.25, -0.2) is 13.1 Å². The zero-order valence-corrected chi connectivity index (χ0v) is 17.0. The van der Waals surface area contributed by atoms with Gasteiger partial charge in [0.15, 0.2) is 0 Å². The lowest BCUT2D eigenvalue weighted by Gasteiger charge is -2.30. The number of nitrogens with zero attached hydrogens (tertiary/aromatic N) is 1. The fourth-order valence-electron chi connectivity index (χ4n) is 3.30. The summed E-state index contributed by atoms with van der Waals surface area (Å²) in [5, 5.41) is 2.99. The van der Waals surface area contributed by atoms with E-state index in [1.165, 1.54) is 12.8 Å². The van der Waals surface area contributed by atoms with E-state index in [9.17, 15) is 13.2 Å². The van der Waals surface area contributed by atoms with Crippen LogP contribution in [0, 0.1) is 5.92 Å². The molecule has 1 saturated heterocycles. The third-order valence-electron chi connectivity index (χ3n) is 4.93. The molecule has 1 amide bonds. The van der Waals surface area contributed by atoms with Crippen LogP contribution in [-0.4, -0.2) is 50.7 Å². The van der Waals surface area contributed by atoms with E-state index in [0.717, 1.165) is 30.4 Å². The van der Waals surface area contributed by atoms with Gasteiger partial charge in [0.2, 0.25) is 15.9 Å². The van der Waals surface area contributed by atoms with Crippen molar-refractivity contribution >= 4 is 33.4 Å². The second-order valence-electron chi connectivity index (χ2n) is 7.26. The van der Waals surface area contributed by atoms with Crippen LogP contribution in [0.4, 0.5) is 5.69 Å². The van der Waals surface area contributed by atoms with E-state index in [1.807, 2.05) is 6.92 Å². The van der Waals surface area contributed by atoms with Crippen LogP contribution in [0.2, 0.25) is 0 Å². The monoisotopic (exact) mass is 397 g/mol. The summed E-state index contributed by atoms with van der Waals surface area (Å²) in [5.74, 6) is 0.684. The molecule has 1 aromatic carbocycles. The van der Waals surface area contributed by atoms with Crippen molar-refractivity contribution in [2.45, 2.75) is 48.2 Å². The minimum atomic E-state index is -3.59. The van der Waals surface area contributed by atoms with Crippen LogP contribution in [0.3, 0.4) is 0 Å². The van der Waals surface area contributed by atoms with E-state index in [2.05, 4.69) is 21.9 Å². The van der Waals surface area contributed by atoms with Gasteiger partial charge in [0.1, 0.15) is 0 Å². The number of carbonyl (C=O) groups is 1. The molecule has 2 aliphatic heterocycles. The fourth-order valence-corrected chi connectivity index (χ4v) is 5.40. The van der Waals surface area contributed by atoms with Crippen molar-refractivity contribution in [2.75, 3.05) is 31.5 Å². The molecule has 1 atom stereocenters. The van der Waals surface area contributed by atoms with Gasteiger partial charge in [0, 0.05) is 29.7 Å². The molecule has 1 fully saturated rings. The number of benzene rings is 1. The van der Waals surface area contributed by atoms with E-state index < -0.39 is 10.0 Å². The fraction of sp³-hybridized carbons (Fsp3) is 0.611. The van der Waals surface area contributed by atoms with E-state index >= 15 is 0 Å². The number of nitrogens with one attached hydrogen (secondary N) is 2. The molecule has 0 spiro atoms. The summed E-state index contributed by atoms with van der Waals surface area (Å²) >= 11 is 1.59. The van der Waals surface area contributed by atoms with E-state index in [-0.39, 0.29) is 16.1 Å². The molecule has 2 heterocycles. The van der Waals surface area contributed by atoms with Gasteiger partial charge in [-0.2, -0.15) is 0 Å². The number of rotatable bonds is 5. The second kappa shape index (κ2) is 8.29. The Hall–Kier alpha value is -1.09. The molecule has 3 rings (SSSR count). The number of anilines is 1. The van der Waals surface area contributed by atoms with Crippen LogP contribution in [0.15, 0.2) is 28.0 Å². The molecule has 26 heavy (non-hydrogen) atoms. The molecule has 1 unspecified atom stereocenters. The summed E-state index contributed by atoms with van der Waals surface area (Å²) in [7, 11) is -3.59. The van der Waals surface area contributed by atoms with Crippen LogP contribution in [-0.2, 0) is 14.8 Å². The molecule has 2 N–H and O–H groups in total. The summed E-state index contributed by atoms with van der Waals surface area (Å²) in [5.41, 5.74) is 0.581. The topological polar surface area (TPSA) is 78.5 Å². The second-order valence-corrected chi connectivity index (χ2v) is 10.5. The zero-order valence-electron chi connectivity index (χ0n) is 15.3. The van der Waals surface area contributed by atoms with E-state index in [4.69, 9.17) is 0 Å². The molecule has 6 nitrogen and oxygen atoms in total. The molecule has 0 saturated carbocycles. The maximum Gasteiger partial charge on any atom is 0.240 e. The van der Waals surface area contributed by atoms with Gasteiger partial charge in [-0.3, -0.25) is 4.79 Å². The first-order valence-corrected chi connectivity index (χ1v) is 11.5. The Balaban J connectivity index is 1.63. The van der Waals surface area contributed by atoms with Gasteiger partial charge >= 0.3 is 0 Å². The number of amides is 1. The maximum absolute atomic E-state index is 12.6. The normalized spacial score (nSPS) is 22.5. The van der Waals surface area contributed by atoms with Crippen molar-refractivity contribution in [1.82, 2.24) is 9.62 Å². The van der Waals surface area contributed by atoms with Crippen LogP contribution < -0.4 is 10.0 Å². The Morgan fingerprint density at radius 1 is 1.27 bits per heavy atom. The lowest BCUT2D eigenvalue weighted by atomic mass is 9.99. The number of hydrogen-bond acceptors (Lipinski definition) is 5. The average Bonchev–Trinajstić information content (AvgIpc) is 2.72. The minimum Gasteiger partial charge on any atom is -0.325 e. The number of fused-ring (bicyclic) bond motifs is 1. The summed E-state index contributed by atoms with van der Waals surface area (Å²) < 4.78 is 27.9. The largest absolute Gasteiger partial charge is 0.325 e. The Bertz CT molecular complexity index is 759. The summed E-state index contributed by atoms with van der Waals surface area (Å²) in [6.45, 7) is 7.43. The number of thioether (sulfide) groups is 1. The molecule has 1 aromatic rings. The Morgan fingerprint density at radius 3 is 2.73 bits per heavy atom. The number of carbonyl (C=O) groups excluding carboxylic acids is 1. The first-order valence-electron chi connectivity index (χ1n) is 9.16. The lowest BCUT2D eigenvalue weighted by molar-refractivity contribution is -0.116. The smallest absolute Gasteiger partial charge is 0.240 e. The summed E-state index contributed by atoms with van der Waals surface area (Å²) in [6, 6.07) is 4.95. The first kappa shape index (κ1) is 19.7. The molecule has 0 radical (unpaired) electrons. The summed E-state index contributed by atoms with van der Waals surface area (Å²) in [4.78, 5) is 15.3. The van der Waals surface area contributed by atoms with Gasteiger partial charge in [-0.15, -0.1) is 11.8 Å². The molecular formula is C18H27N3O3S2. The SMILES string of the molecule is CC1CCN(CCNS(=O)(=O)c2ccc3c(c2)NC(=O)CC(C)S3)CC1. The molecule has 0 aliphatic carbocycles. The zero-order chi connectivity index (χ0) is 18.7. The number of likely N-dealkylation sites (tertiary alicyclic amines) is 1. The lowest BCUT2D eigenvalue weighted by Crippen LogP contribution is -2.39. The van der Waals surface area contributed by atoms with Crippen LogP contribution >= 0.6 is 11.8 Å². The minimum absolute atomic E-state index is 0.0782. The van der Waals surface area contributed by atoms with Crippen molar-refractivity contribution in [2.24, 2.45) is 5.92 Å². The van der Waals surface area contributed by atoms with Crippen molar-refractivity contribution in [3.8, 4) is 0 Å². The van der Waals surface area contributed by atoms with Gasteiger partial charge < -0.3 is 10.2 Å². The van der Waals surface area contributed by atoms with Crippen LogP contribution in [0.5, 0.6) is 0 Å². The maximum atomic E-state index is 12.6. The summed E-state index contributed by atoms with van der Waals surface area (Å²) in [6.07, 6.45) is 2.77. The predicted molar refractivity (Wildman–Crippen MR) is 105 cm³/mol. The Kier molecular flexibility index (Phi) is 6.27. The molecule has 0 aromatic heterocycles.